The molecule has 10 heteroatoms. The average molecular weight is 191 g/mol. The van der Waals surface area contributed by atoms with E-state index in [-0.39, 0.29) is 27.4 Å². The molecule has 0 aliphatic carbocycles. The summed E-state index contributed by atoms with van der Waals surface area (Å²) in [6.07, 6.45) is 0. The number of hydrogen-bond donors (Lipinski definition) is 1. The molecule has 0 fully saturated rings. The molecule has 0 heterocycles. The van der Waals surface area contributed by atoms with Gasteiger partial charge in [-0.15, -0.1) is 0 Å². The van der Waals surface area contributed by atoms with E-state index in [4.69, 9.17) is 18.6 Å². The van der Waals surface area contributed by atoms with Gasteiger partial charge in [0.15, 0.2) is 0 Å². The van der Waals surface area contributed by atoms with Crippen molar-refractivity contribution >= 4 is 0 Å². The van der Waals surface area contributed by atoms with Crippen LogP contribution in [0.1, 0.15) is 0 Å². The van der Waals surface area contributed by atoms with Crippen LogP contribution < -0.4 is 14.0 Å². The van der Waals surface area contributed by atoms with Crippen LogP contribution in [0.25, 0.3) is 0 Å². The Morgan fingerprint density at radius 1 is 0.700 bits per heavy atom. The Bertz CT molecular complexity index is 20.2. The van der Waals surface area contributed by atoms with Gasteiger partial charge in [-0.1, -0.05) is 0 Å². The lowest BCUT2D eigenvalue weighted by atomic mass is 15.8. The molecule has 0 radical (unpaired) electrons. The molecule has 0 aliphatic heterocycles. The summed E-state index contributed by atoms with van der Waals surface area (Å²) < 4.78 is 32.7. The zero-order chi connectivity index (χ0) is 4.50. The summed E-state index contributed by atoms with van der Waals surface area (Å²) in [5, 5.41) is 0. The van der Waals surface area contributed by atoms with Crippen LogP contribution in [0.2, 0.25) is 0 Å². The Hall–Kier alpha value is -0.0700. The molecular weight excluding hydrogens is 179 g/mol. The zero-order valence-electron chi connectivity index (χ0n) is 4.55. The van der Waals surface area contributed by atoms with Crippen LogP contribution in [0.3, 0.4) is 0 Å². The summed E-state index contributed by atoms with van der Waals surface area (Å²) in [6, 6.07) is 0. The number of halogens is 1. The van der Waals surface area contributed by atoms with Gasteiger partial charge in [0.1, 0.15) is 0 Å². The summed E-state index contributed by atoms with van der Waals surface area (Å²) in [6.45, 7) is 0. The van der Waals surface area contributed by atoms with E-state index in [1.807, 2.05) is 0 Å². The smallest absolute Gasteiger partial charge is 0.0777 e. The van der Waals surface area contributed by atoms with Crippen LogP contribution in [-0.4, -0.2) is 32.0 Å². The van der Waals surface area contributed by atoms with E-state index in [0.29, 0.717) is 0 Å². The minimum absolute atomic E-state index is 0. The van der Waals surface area contributed by atoms with E-state index in [0.717, 1.165) is 0 Å². The summed E-state index contributed by atoms with van der Waals surface area (Å²) >= 11 is 0. The fourth-order valence-electron chi connectivity index (χ4n) is 0. The largest absolute Gasteiger partial charge is 0.412 e. The third-order valence-corrected chi connectivity index (χ3v) is 0. The molecule has 9 nitrogen and oxygen atoms in total. The van der Waals surface area contributed by atoms with E-state index >= 15 is 0 Å². The van der Waals surface area contributed by atoms with Crippen LogP contribution >= 0.6 is 0 Å². The Labute approximate surface area is 57.4 Å². The van der Waals surface area contributed by atoms with Crippen molar-refractivity contribution in [3.8, 4) is 0 Å². The highest BCUT2D eigenvalue weighted by Gasteiger charge is 1.98. The Balaban J connectivity index is -0.00000000800. The quantitative estimate of drug-likeness (QED) is 0.390. The first-order valence-corrected chi connectivity index (χ1v) is 1.90. The third kappa shape index (κ3) is 77700. The fourth-order valence-corrected chi connectivity index (χ4v) is 0. The second kappa shape index (κ2) is 16.0. The first-order valence-electron chi connectivity index (χ1n) is 0.632. The third-order valence-electron chi connectivity index (χ3n) is 0. The van der Waals surface area contributed by atoms with Crippen molar-refractivity contribution < 1.29 is 56.3 Å². The van der Waals surface area contributed by atoms with Gasteiger partial charge in [-0.3, -0.25) is 0 Å². The molecule has 0 aliphatic rings. The van der Waals surface area contributed by atoms with Crippen LogP contribution in [0.15, 0.2) is 0 Å². The van der Waals surface area contributed by atoms with Crippen molar-refractivity contribution in [1.82, 2.24) is 0 Å². The molecule has 10 heavy (non-hydrogen) atoms. The maximum Gasteiger partial charge on any atom is 0.0777 e. The molecule has 72 valence electrons. The average Bonchev–Trinajstić information content (AvgIpc) is 0.722. The molecule has 0 unspecified atom stereocenters. The Kier molecular flexibility index (Phi) is 81.9. The lowest BCUT2D eigenvalue weighted by Crippen LogP contribution is -2.58. The highest BCUT2D eigenvalue weighted by atomic mass is 35.7. The van der Waals surface area contributed by atoms with Gasteiger partial charge in [0.2, 0.25) is 0 Å². The zero-order valence-corrected chi connectivity index (χ0v) is 5.31. The highest BCUT2D eigenvalue weighted by Crippen LogP contribution is 1.60. The molecule has 0 saturated heterocycles. The topological polar surface area (TPSA) is 247 Å². The predicted octanol–water partition coefficient (Wildman–Crippen LogP) is -8.25. The van der Waals surface area contributed by atoms with Crippen molar-refractivity contribution in [3.05, 3.63) is 0 Å². The van der Waals surface area contributed by atoms with Gasteiger partial charge in [-0.05, 0) is 0 Å². The molecule has 0 spiro atoms. The van der Waals surface area contributed by atoms with Gasteiger partial charge in [-0.2, -0.15) is 14.0 Å². The molecule has 0 amide bonds. The van der Waals surface area contributed by atoms with Gasteiger partial charge >= 0.3 is 0 Å². The van der Waals surface area contributed by atoms with Gasteiger partial charge in [0.25, 0.3) is 0 Å². The molecule has 0 bridgehead atoms. The molecular formula is H11ClO9. The SMILES string of the molecule is O.O.O.O.O.[O-][Cl+3]([O-])([O-])O. The van der Waals surface area contributed by atoms with E-state index in [2.05, 4.69) is 0 Å². The Morgan fingerprint density at radius 3 is 0.700 bits per heavy atom. The second-order valence-electron chi connectivity index (χ2n) is 0.396. The van der Waals surface area contributed by atoms with Crippen LogP contribution in [0.5, 0.6) is 0 Å². The monoisotopic (exact) mass is 190 g/mol. The van der Waals surface area contributed by atoms with Gasteiger partial charge in [0, 0.05) is 0 Å². The molecule has 0 aromatic heterocycles. The van der Waals surface area contributed by atoms with E-state index in [1.165, 1.54) is 0 Å². The molecule has 0 aromatic rings. The van der Waals surface area contributed by atoms with E-state index in [1.54, 1.807) is 0 Å². The lowest BCUT2D eigenvalue weighted by molar-refractivity contribution is -1.92. The number of rotatable bonds is 0. The fraction of sp³-hybridized carbons (Fsp3) is 0. The van der Waals surface area contributed by atoms with Gasteiger partial charge < -0.3 is 27.4 Å². The summed E-state index contributed by atoms with van der Waals surface area (Å²) in [4.78, 5) is 0. The predicted molar refractivity (Wildman–Crippen MR) is 20.3 cm³/mol. The van der Waals surface area contributed by atoms with Crippen molar-refractivity contribution in [2.24, 2.45) is 0 Å². The Morgan fingerprint density at radius 2 is 0.700 bits per heavy atom. The van der Waals surface area contributed by atoms with Crippen molar-refractivity contribution in [2.75, 3.05) is 0 Å². The molecule has 0 atom stereocenters. The van der Waals surface area contributed by atoms with Crippen molar-refractivity contribution in [1.29, 1.82) is 0 Å². The van der Waals surface area contributed by atoms with Crippen LogP contribution in [-0.2, 0) is 0 Å². The first-order chi connectivity index (χ1) is 2.00. The molecule has 0 saturated carbocycles. The minimum Gasteiger partial charge on any atom is -0.412 e. The summed E-state index contributed by atoms with van der Waals surface area (Å²) in [7, 11) is -4.69. The molecule has 0 rings (SSSR count). The van der Waals surface area contributed by atoms with Crippen LogP contribution in [0, 0.1) is 10.2 Å². The van der Waals surface area contributed by atoms with Crippen molar-refractivity contribution in [2.45, 2.75) is 0 Å². The second-order valence-corrected chi connectivity index (χ2v) is 1.19. The van der Waals surface area contributed by atoms with E-state index < -0.39 is 10.2 Å². The maximum atomic E-state index is 8.60. The van der Waals surface area contributed by atoms with Crippen molar-refractivity contribution in [3.63, 3.8) is 0 Å². The highest BCUT2D eigenvalue weighted by molar-refractivity contribution is 2.15. The molecule has 11 N–H and O–H groups in total. The minimum atomic E-state index is -4.69. The maximum absolute atomic E-state index is 8.60. The lowest BCUT2D eigenvalue weighted by Gasteiger charge is -2.03. The van der Waals surface area contributed by atoms with Crippen LogP contribution in [0.4, 0.5) is 0 Å². The summed E-state index contributed by atoms with van der Waals surface area (Å²) in [5.74, 6) is 0. The first kappa shape index (κ1) is 51.3. The van der Waals surface area contributed by atoms with Gasteiger partial charge in [0.05, 0.1) is 14.9 Å². The van der Waals surface area contributed by atoms with E-state index in [9.17, 15) is 0 Å². The number of hydrogen-bond acceptors (Lipinski definition) is 4. The molecule has 0 aromatic carbocycles. The normalized spacial score (nSPS) is 6.00. The van der Waals surface area contributed by atoms with Gasteiger partial charge in [-0.25, -0.2) is 0 Å². The standard InChI is InChI=1S/ClHO4.5H2O/c2-1(3,4)5;;;;;/h(H,2,3,4,5);5*1H2. The summed E-state index contributed by atoms with van der Waals surface area (Å²) in [5.41, 5.74) is 0.